The lowest BCUT2D eigenvalue weighted by molar-refractivity contribution is 0.0709. The highest BCUT2D eigenvalue weighted by Crippen LogP contribution is 2.23. The van der Waals surface area contributed by atoms with E-state index in [4.69, 9.17) is 17.3 Å². The van der Waals surface area contributed by atoms with Crippen LogP contribution >= 0.6 is 11.6 Å². The van der Waals surface area contributed by atoms with E-state index in [0.29, 0.717) is 17.1 Å². The molecule has 3 rings (SSSR count). The summed E-state index contributed by atoms with van der Waals surface area (Å²) in [5.41, 5.74) is 9.22. The van der Waals surface area contributed by atoms with Crippen LogP contribution in [-0.2, 0) is 0 Å². The van der Waals surface area contributed by atoms with E-state index in [1.54, 1.807) is 4.68 Å². The van der Waals surface area contributed by atoms with Gasteiger partial charge in [0.2, 0.25) is 0 Å². The number of benzene rings is 1. The van der Waals surface area contributed by atoms with Crippen LogP contribution in [0, 0.1) is 13.8 Å². The van der Waals surface area contributed by atoms with E-state index < -0.39 is 0 Å². The highest BCUT2D eigenvalue weighted by atomic mass is 35.5. The lowest BCUT2D eigenvalue weighted by Crippen LogP contribution is -2.45. The first-order valence-electron chi connectivity index (χ1n) is 7.84. The standard InChI is InChI=1S/C17H21ClN4O/c1-11-16(18)12(2)22(20-11)15-7-5-13(6-8-15)17(23)21-9-3-4-14(19)10-21/h5-8,14H,3-4,9-10,19H2,1-2H3. The number of likely N-dealkylation sites (tertiary alicyclic amines) is 1. The predicted molar refractivity (Wildman–Crippen MR) is 91.2 cm³/mol. The number of hydrogen-bond acceptors (Lipinski definition) is 3. The van der Waals surface area contributed by atoms with Gasteiger partial charge in [-0.3, -0.25) is 4.79 Å². The Morgan fingerprint density at radius 2 is 2.00 bits per heavy atom. The van der Waals surface area contributed by atoms with Gasteiger partial charge in [-0.15, -0.1) is 0 Å². The summed E-state index contributed by atoms with van der Waals surface area (Å²) in [5.74, 6) is 0.0399. The second-order valence-corrected chi connectivity index (χ2v) is 6.47. The van der Waals surface area contributed by atoms with Gasteiger partial charge in [-0.25, -0.2) is 4.68 Å². The molecule has 1 unspecified atom stereocenters. The van der Waals surface area contributed by atoms with Gasteiger partial charge < -0.3 is 10.6 Å². The van der Waals surface area contributed by atoms with Gasteiger partial charge >= 0.3 is 0 Å². The van der Waals surface area contributed by atoms with Crippen molar-refractivity contribution in [1.29, 1.82) is 0 Å². The maximum atomic E-state index is 12.5. The van der Waals surface area contributed by atoms with Crippen molar-refractivity contribution in [2.24, 2.45) is 5.73 Å². The molecule has 0 saturated carbocycles. The smallest absolute Gasteiger partial charge is 0.253 e. The molecule has 1 saturated heterocycles. The maximum Gasteiger partial charge on any atom is 0.253 e. The van der Waals surface area contributed by atoms with Crippen molar-refractivity contribution < 1.29 is 4.79 Å². The lowest BCUT2D eigenvalue weighted by Gasteiger charge is -2.30. The van der Waals surface area contributed by atoms with Crippen molar-refractivity contribution in [3.05, 3.63) is 46.2 Å². The van der Waals surface area contributed by atoms with Gasteiger partial charge in [0, 0.05) is 24.7 Å². The van der Waals surface area contributed by atoms with Crippen LogP contribution in [0.15, 0.2) is 24.3 Å². The number of rotatable bonds is 2. The molecule has 1 aromatic carbocycles. The van der Waals surface area contributed by atoms with E-state index in [-0.39, 0.29) is 11.9 Å². The van der Waals surface area contributed by atoms with Crippen molar-refractivity contribution in [3.63, 3.8) is 0 Å². The topological polar surface area (TPSA) is 64.2 Å². The molecule has 0 bridgehead atoms. The molecule has 2 heterocycles. The molecule has 1 amide bonds. The number of piperidine rings is 1. The number of nitrogens with zero attached hydrogens (tertiary/aromatic N) is 3. The summed E-state index contributed by atoms with van der Waals surface area (Å²) in [6.45, 7) is 5.22. The summed E-state index contributed by atoms with van der Waals surface area (Å²) in [4.78, 5) is 14.4. The minimum atomic E-state index is 0.0399. The highest BCUT2D eigenvalue weighted by Gasteiger charge is 2.22. The number of hydrogen-bond donors (Lipinski definition) is 1. The molecule has 1 aliphatic rings. The zero-order valence-electron chi connectivity index (χ0n) is 13.4. The number of nitrogens with two attached hydrogens (primary N) is 1. The fourth-order valence-corrected chi connectivity index (χ4v) is 3.12. The first-order valence-corrected chi connectivity index (χ1v) is 8.22. The molecule has 1 aromatic heterocycles. The van der Waals surface area contributed by atoms with Crippen LogP contribution in [0.25, 0.3) is 5.69 Å². The SMILES string of the molecule is Cc1nn(-c2ccc(C(=O)N3CCCC(N)C3)cc2)c(C)c1Cl. The molecule has 0 spiro atoms. The molecule has 2 N–H and O–H groups in total. The largest absolute Gasteiger partial charge is 0.337 e. The third kappa shape index (κ3) is 3.12. The zero-order chi connectivity index (χ0) is 16.6. The van der Waals surface area contributed by atoms with Crippen LogP contribution in [-0.4, -0.2) is 39.7 Å². The van der Waals surface area contributed by atoms with E-state index >= 15 is 0 Å². The fraction of sp³-hybridized carbons (Fsp3) is 0.412. The van der Waals surface area contributed by atoms with Gasteiger partial charge in [-0.1, -0.05) is 11.6 Å². The summed E-state index contributed by atoms with van der Waals surface area (Å²) in [6.07, 6.45) is 1.96. The van der Waals surface area contributed by atoms with Gasteiger partial charge in [0.05, 0.1) is 22.1 Å². The number of halogens is 1. The molecule has 6 heteroatoms. The van der Waals surface area contributed by atoms with E-state index in [1.807, 2.05) is 43.0 Å². The van der Waals surface area contributed by atoms with Gasteiger partial charge in [0.25, 0.3) is 5.91 Å². The molecule has 0 radical (unpaired) electrons. The minimum Gasteiger partial charge on any atom is -0.337 e. The minimum absolute atomic E-state index is 0.0399. The van der Waals surface area contributed by atoms with Crippen LogP contribution < -0.4 is 5.73 Å². The Hall–Kier alpha value is -1.85. The third-order valence-corrected chi connectivity index (χ3v) is 4.85. The predicted octanol–water partition coefficient (Wildman–Crippen LogP) is 2.71. The zero-order valence-corrected chi connectivity index (χ0v) is 14.2. The van der Waals surface area contributed by atoms with Crippen LogP contribution in [0.5, 0.6) is 0 Å². The average Bonchev–Trinajstić information content (AvgIpc) is 2.82. The summed E-state index contributed by atoms with van der Waals surface area (Å²) >= 11 is 6.19. The number of aryl methyl sites for hydroxylation is 1. The first kappa shape index (κ1) is 16.0. The van der Waals surface area contributed by atoms with E-state index in [9.17, 15) is 4.79 Å². The molecule has 1 aliphatic heterocycles. The Morgan fingerprint density at radius 1 is 1.30 bits per heavy atom. The Bertz CT molecular complexity index is 723. The summed E-state index contributed by atoms with van der Waals surface area (Å²) in [6, 6.07) is 7.55. The van der Waals surface area contributed by atoms with Crippen LogP contribution in [0.4, 0.5) is 0 Å². The molecule has 122 valence electrons. The molecule has 1 atom stereocenters. The Labute approximate surface area is 141 Å². The van der Waals surface area contributed by atoms with Crippen LogP contribution in [0.3, 0.4) is 0 Å². The summed E-state index contributed by atoms with van der Waals surface area (Å²) in [7, 11) is 0. The fourth-order valence-electron chi connectivity index (χ4n) is 3.00. The number of carbonyl (C=O) groups is 1. The van der Waals surface area contributed by atoms with Crippen LogP contribution in [0.1, 0.15) is 34.6 Å². The van der Waals surface area contributed by atoms with Gasteiger partial charge in [0.1, 0.15) is 0 Å². The first-order chi connectivity index (χ1) is 11.0. The quantitative estimate of drug-likeness (QED) is 0.919. The average molecular weight is 333 g/mol. The van der Waals surface area contributed by atoms with Crippen molar-refractivity contribution in [3.8, 4) is 5.69 Å². The van der Waals surface area contributed by atoms with Crippen molar-refractivity contribution in [2.75, 3.05) is 13.1 Å². The Balaban J connectivity index is 1.81. The number of carbonyl (C=O) groups excluding carboxylic acids is 1. The summed E-state index contributed by atoms with van der Waals surface area (Å²) < 4.78 is 1.79. The molecule has 2 aromatic rings. The Morgan fingerprint density at radius 3 is 2.57 bits per heavy atom. The molecule has 23 heavy (non-hydrogen) atoms. The second kappa shape index (κ2) is 6.34. The van der Waals surface area contributed by atoms with Crippen LogP contribution in [0.2, 0.25) is 5.02 Å². The molecular weight excluding hydrogens is 312 g/mol. The van der Waals surface area contributed by atoms with Gasteiger partial charge in [-0.2, -0.15) is 5.10 Å². The van der Waals surface area contributed by atoms with Gasteiger partial charge in [0.15, 0.2) is 0 Å². The molecule has 0 aliphatic carbocycles. The molecule has 5 nitrogen and oxygen atoms in total. The van der Waals surface area contributed by atoms with E-state index in [0.717, 1.165) is 36.5 Å². The van der Waals surface area contributed by atoms with E-state index in [1.165, 1.54) is 0 Å². The lowest BCUT2D eigenvalue weighted by atomic mass is 10.1. The third-order valence-electron chi connectivity index (χ3n) is 4.31. The number of amides is 1. The number of aromatic nitrogens is 2. The highest BCUT2D eigenvalue weighted by molar-refractivity contribution is 6.31. The monoisotopic (exact) mass is 332 g/mol. The Kier molecular flexibility index (Phi) is 4.41. The second-order valence-electron chi connectivity index (χ2n) is 6.10. The normalized spacial score (nSPS) is 18.3. The van der Waals surface area contributed by atoms with Crippen molar-refractivity contribution in [2.45, 2.75) is 32.7 Å². The molecule has 1 fully saturated rings. The van der Waals surface area contributed by atoms with Gasteiger partial charge in [-0.05, 0) is 51.0 Å². The van der Waals surface area contributed by atoms with Crippen molar-refractivity contribution >= 4 is 17.5 Å². The molecular formula is C17H21ClN4O. The summed E-state index contributed by atoms with van der Waals surface area (Å²) in [5, 5.41) is 5.10. The maximum absolute atomic E-state index is 12.5. The van der Waals surface area contributed by atoms with Crippen molar-refractivity contribution in [1.82, 2.24) is 14.7 Å². The van der Waals surface area contributed by atoms with E-state index in [2.05, 4.69) is 5.10 Å².